The van der Waals surface area contributed by atoms with Gasteiger partial charge in [0.15, 0.2) is 0 Å². The molecule has 160 valence electrons. The van der Waals surface area contributed by atoms with Crippen LogP contribution in [0.25, 0.3) is 0 Å². The maximum Gasteiger partial charge on any atom is 0.235 e. The van der Waals surface area contributed by atoms with E-state index in [2.05, 4.69) is 10.6 Å². The standard InChI is InChI=1S/C19H26F2N4O3S/c1-25(2)29(26,27)18-8-17-16(24-18)7-15(23-17)10-5-14(22)19(28-9-10)12-6-11(20)3-4-13(12)21/h3-4,6,10,14-15,18-19,23-24H,5,7-9,22H2,1-2H3/t10-,14-,15?,18?,19+/m0/s1. The molecule has 1 aromatic carbocycles. The van der Waals surface area contributed by atoms with Gasteiger partial charge in [0.05, 0.1) is 6.61 Å². The Morgan fingerprint density at radius 3 is 2.55 bits per heavy atom. The number of nitrogens with zero attached hydrogens (tertiary/aromatic N) is 1. The van der Waals surface area contributed by atoms with Gasteiger partial charge in [0.25, 0.3) is 0 Å². The summed E-state index contributed by atoms with van der Waals surface area (Å²) in [5, 5.41) is 5.90. The molecular weight excluding hydrogens is 402 g/mol. The van der Waals surface area contributed by atoms with Gasteiger partial charge in [-0.3, -0.25) is 0 Å². The van der Waals surface area contributed by atoms with Crippen LogP contribution in [-0.4, -0.2) is 50.9 Å². The van der Waals surface area contributed by atoms with E-state index >= 15 is 0 Å². The zero-order valence-corrected chi connectivity index (χ0v) is 17.2. The summed E-state index contributed by atoms with van der Waals surface area (Å²) < 4.78 is 59.3. The van der Waals surface area contributed by atoms with E-state index in [1.54, 1.807) is 0 Å². The average molecular weight is 429 g/mol. The second kappa shape index (κ2) is 7.50. The number of nitrogens with one attached hydrogen (secondary N) is 2. The second-order valence-corrected chi connectivity index (χ2v) is 10.5. The van der Waals surface area contributed by atoms with Gasteiger partial charge in [0, 0.05) is 61.9 Å². The lowest BCUT2D eigenvalue weighted by Gasteiger charge is -2.37. The smallest absolute Gasteiger partial charge is 0.235 e. The fraction of sp³-hybridized carbons (Fsp3) is 0.579. The molecule has 0 spiro atoms. The third-order valence-corrected chi connectivity index (χ3v) is 8.05. The summed E-state index contributed by atoms with van der Waals surface area (Å²) in [4.78, 5) is 0. The summed E-state index contributed by atoms with van der Waals surface area (Å²) in [5.74, 6) is -0.956. The quantitative estimate of drug-likeness (QED) is 0.666. The zero-order valence-electron chi connectivity index (χ0n) is 16.4. The number of nitrogens with two attached hydrogens (primary N) is 1. The highest BCUT2D eigenvalue weighted by molar-refractivity contribution is 7.89. The Balaban J connectivity index is 1.37. The molecule has 3 aliphatic heterocycles. The normalized spacial score (nSPS) is 32.3. The fourth-order valence-electron chi connectivity index (χ4n) is 4.41. The number of halogens is 2. The van der Waals surface area contributed by atoms with Crippen LogP contribution in [0.2, 0.25) is 0 Å². The second-order valence-electron chi connectivity index (χ2n) is 8.16. The highest BCUT2D eigenvalue weighted by Gasteiger charge is 2.43. The van der Waals surface area contributed by atoms with Crippen molar-refractivity contribution in [3.8, 4) is 0 Å². The lowest BCUT2D eigenvalue weighted by Crippen LogP contribution is -2.47. The molecule has 1 aromatic rings. The van der Waals surface area contributed by atoms with E-state index in [1.807, 2.05) is 0 Å². The Labute approximate surface area is 169 Å². The van der Waals surface area contributed by atoms with Gasteiger partial charge in [-0.25, -0.2) is 21.5 Å². The summed E-state index contributed by atoms with van der Waals surface area (Å²) in [7, 11) is -0.339. The molecule has 7 nitrogen and oxygen atoms in total. The van der Waals surface area contributed by atoms with Crippen LogP contribution in [0.3, 0.4) is 0 Å². The van der Waals surface area contributed by atoms with E-state index in [0.717, 1.165) is 29.6 Å². The molecule has 1 fully saturated rings. The van der Waals surface area contributed by atoms with Crippen LogP contribution in [0.15, 0.2) is 29.6 Å². The number of ether oxygens (including phenoxy) is 1. The highest BCUT2D eigenvalue weighted by atomic mass is 32.2. The summed E-state index contributed by atoms with van der Waals surface area (Å²) >= 11 is 0. The monoisotopic (exact) mass is 428 g/mol. The fourth-order valence-corrected chi connectivity index (χ4v) is 5.59. The Hall–Kier alpha value is -1.75. The first-order valence-electron chi connectivity index (χ1n) is 9.65. The van der Waals surface area contributed by atoms with Crippen molar-refractivity contribution < 1.29 is 21.9 Å². The van der Waals surface area contributed by atoms with Crippen molar-refractivity contribution in [3.63, 3.8) is 0 Å². The van der Waals surface area contributed by atoms with E-state index in [-0.39, 0.29) is 17.5 Å². The van der Waals surface area contributed by atoms with Gasteiger partial charge in [0.1, 0.15) is 23.1 Å². The largest absolute Gasteiger partial charge is 0.383 e. The molecule has 0 radical (unpaired) electrons. The molecule has 4 N–H and O–H groups in total. The minimum Gasteiger partial charge on any atom is -0.383 e. The van der Waals surface area contributed by atoms with Crippen LogP contribution in [-0.2, 0) is 14.8 Å². The molecule has 3 aliphatic rings. The summed E-state index contributed by atoms with van der Waals surface area (Å²) in [5.41, 5.74) is 8.24. The molecular formula is C19H26F2N4O3S. The minimum absolute atomic E-state index is 0.0693. The molecule has 29 heavy (non-hydrogen) atoms. The predicted octanol–water partition coefficient (Wildman–Crippen LogP) is 1.15. The van der Waals surface area contributed by atoms with Crippen LogP contribution in [0, 0.1) is 17.6 Å². The Morgan fingerprint density at radius 2 is 1.90 bits per heavy atom. The van der Waals surface area contributed by atoms with Gasteiger partial charge in [0.2, 0.25) is 10.0 Å². The lowest BCUT2D eigenvalue weighted by molar-refractivity contribution is -0.0408. The maximum absolute atomic E-state index is 14.1. The van der Waals surface area contributed by atoms with Crippen LogP contribution < -0.4 is 16.4 Å². The topological polar surface area (TPSA) is 96.7 Å². The molecule has 2 unspecified atom stereocenters. The first kappa shape index (κ1) is 20.5. The molecule has 0 aromatic heterocycles. The molecule has 0 aliphatic carbocycles. The highest BCUT2D eigenvalue weighted by Crippen LogP contribution is 2.38. The maximum atomic E-state index is 14.1. The molecule has 4 rings (SSSR count). The Bertz CT molecular complexity index is 919. The van der Waals surface area contributed by atoms with Crippen molar-refractivity contribution >= 4 is 10.0 Å². The Kier molecular flexibility index (Phi) is 5.30. The number of hydrogen-bond acceptors (Lipinski definition) is 6. The van der Waals surface area contributed by atoms with E-state index in [1.165, 1.54) is 18.4 Å². The number of sulfonamides is 1. The third kappa shape index (κ3) is 3.74. The van der Waals surface area contributed by atoms with Gasteiger partial charge < -0.3 is 21.1 Å². The third-order valence-electron chi connectivity index (χ3n) is 6.03. The van der Waals surface area contributed by atoms with E-state index in [0.29, 0.717) is 25.9 Å². The molecule has 3 heterocycles. The van der Waals surface area contributed by atoms with E-state index < -0.39 is 39.2 Å². The van der Waals surface area contributed by atoms with Gasteiger partial charge in [-0.2, -0.15) is 0 Å². The zero-order chi connectivity index (χ0) is 20.9. The number of benzene rings is 1. The summed E-state index contributed by atoms with van der Waals surface area (Å²) in [6, 6.07) is 2.91. The SMILES string of the molecule is CN(C)S(=O)(=O)C1CC2=C(CC([C@@H]3CO[C@H](c4cc(F)ccc4F)[C@@H](N)C3)N2)N1. The van der Waals surface area contributed by atoms with E-state index in [9.17, 15) is 17.2 Å². The Morgan fingerprint density at radius 1 is 1.17 bits per heavy atom. The molecule has 5 atom stereocenters. The summed E-state index contributed by atoms with van der Waals surface area (Å²) in [6.07, 6.45) is 0.964. The first-order valence-corrected chi connectivity index (χ1v) is 11.2. The van der Waals surface area contributed by atoms with Crippen molar-refractivity contribution in [1.29, 1.82) is 0 Å². The minimum atomic E-state index is -3.39. The van der Waals surface area contributed by atoms with Crippen LogP contribution in [0.1, 0.15) is 30.9 Å². The van der Waals surface area contributed by atoms with Gasteiger partial charge in [-0.1, -0.05) is 0 Å². The van der Waals surface area contributed by atoms with Gasteiger partial charge in [-0.05, 0) is 24.6 Å². The van der Waals surface area contributed by atoms with Crippen molar-refractivity contribution in [2.75, 3.05) is 20.7 Å². The van der Waals surface area contributed by atoms with Crippen molar-refractivity contribution in [2.45, 2.75) is 42.8 Å². The van der Waals surface area contributed by atoms with Gasteiger partial charge >= 0.3 is 0 Å². The van der Waals surface area contributed by atoms with Crippen LogP contribution in [0.4, 0.5) is 8.78 Å². The van der Waals surface area contributed by atoms with Crippen molar-refractivity contribution in [3.05, 3.63) is 46.8 Å². The lowest BCUT2D eigenvalue weighted by atomic mass is 9.85. The number of hydrogen-bond donors (Lipinski definition) is 3. The predicted molar refractivity (Wildman–Crippen MR) is 104 cm³/mol. The van der Waals surface area contributed by atoms with Crippen molar-refractivity contribution in [2.24, 2.45) is 11.7 Å². The van der Waals surface area contributed by atoms with Crippen LogP contribution in [0.5, 0.6) is 0 Å². The average Bonchev–Trinajstić information content (AvgIpc) is 3.23. The van der Waals surface area contributed by atoms with Crippen molar-refractivity contribution in [1.82, 2.24) is 14.9 Å². The summed E-state index contributed by atoms with van der Waals surface area (Å²) in [6.45, 7) is 0.367. The molecule has 10 heteroatoms. The molecule has 1 saturated heterocycles. The first-order chi connectivity index (χ1) is 13.7. The molecule has 0 saturated carbocycles. The molecule has 0 amide bonds. The molecule has 0 bridgehead atoms. The number of rotatable bonds is 4. The van der Waals surface area contributed by atoms with Crippen LogP contribution >= 0.6 is 0 Å². The van der Waals surface area contributed by atoms with Gasteiger partial charge in [-0.15, -0.1) is 0 Å². The van der Waals surface area contributed by atoms with E-state index in [4.69, 9.17) is 10.5 Å².